The molecule has 3 aromatic rings. The lowest BCUT2D eigenvalue weighted by Crippen LogP contribution is -2.34. The normalized spacial score (nSPS) is 12.3. The highest BCUT2D eigenvalue weighted by atomic mass is 32.3. The van der Waals surface area contributed by atoms with Crippen molar-refractivity contribution in [1.29, 1.82) is 0 Å². The molecule has 7 nitrogen and oxygen atoms in total. The van der Waals surface area contributed by atoms with Crippen LogP contribution in [0.25, 0.3) is 11.5 Å². The minimum Gasteiger partial charge on any atom is -0.415 e. The van der Waals surface area contributed by atoms with E-state index in [0.717, 1.165) is 5.69 Å². The van der Waals surface area contributed by atoms with Gasteiger partial charge in [-0.3, -0.25) is 14.2 Å². The molecule has 3 rings (SSSR count). The Morgan fingerprint density at radius 1 is 1.19 bits per heavy atom. The first-order chi connectivity index (χ1) is 12.3. The number of alkyl halides is 2. The third kappa shape index (κ3) is 4.07. The molecule has 0 radical (unpaired) electrons. The summed E-state index contributed by atoms with van der Waals surface area (Å²) in [4.78, 5) is 8.35. The number of rotatable bonds is 6. The van der Waals surface area contributed by atoms with Gasteiger partial charge in [-0.1, -0.05) is 0 Å². The SMILES string of the molecule is C[SH](C)(=O)N(Cc1ccc(-c2nnc(C(F)F)o2)cn1)c1cccnc1. The molecule has 138 valence electrons. The van der Waals surface area contributed by atoms with Crippen LogP contribution in [-0.2, 0) is 16.7 Å². The van der Waals surface area contributed by atoms with E-state index in [2.05, 4.69) is 20.2 Å². The molecule has 0 aliphatic heterocycles. The van der Waals surface area contributed by atoms with Gasteiger partial charge in [-0.05, 0) is 34.4 Å². The molecule has 0 bridgehead atoms. The third-order valence-electron chi connectivity index (χ3n) is 3.54. The summed E-state index contributed by atoms with van der Waals surface area (Å²) in [6, 6.07) is 6.93. The molecule has 10 heteroatoms. The Morgan fingerprint density at radius 3 is 2.54 bits per heavy atom. The molecule has 0 amide bonds. The Hall–Kier alpha value is -2.75. The lowest BCUT2D eigenvalue weighted by atomic mass is 10.2. The van der Waals surface area contributed by atoms with Gasteiger partial charge in [0.1, 0.15) is 0 Å². The largest absolute Gasteiger partial charge is 0.415 e. The Bertz CT molecular complexity index is 912. The van der Waals surface area contributed by atoms with Gasteiger partial charge < -0.3 is 8.72 Å². The predicted molar refractivity (Wildman–Crippen MR) is 94.3 cm³/mol. The maximum Gasteiger partial charge on any atom is 0.314 e. The highest BCUT2D eigenvalue weighted by molar-refractivity contribution is 8.02. The van der Waals surface area contributed by atoms with Crippen LogP contribution in [0.1, 0.15) is 18.0 Å². The molecular weight excluding hydrogens is 364 g/mol. The molecule has 0 aliphatic rings. The fraction of sp³-hybridized carbons (Fsp3) is 0.250. The predicted octanol–water partition coefficient (Wildman–Crippen LogP) is 2.66. The van der Waals surface area contributed by atoms with Crippen molar-refractivity contribution in [2.75, 3.05) is 16.8 Å². The van der Waals surface area contributed by atoms with Crippen molar-refractivity contribution in [3.63, 3.8) is 0 Å². The third-order valence-corrected chi connectivity index (χ3v) is 5.07. The average Bonchev–Trinajstić information content (AvgIpc) is 3.10. The van der Waals surface area contributed by atoms with Gasteiger partial charge in [0.2, 0.25) is 5.89 Å². The van der Waals surface area contributed by atoms with E-state index in [1.807, 2.05) is 6.07 Å². The zero-order valence-corrected chi connectivity index (χ0v) is 15.0. The summed E-state index contributed by atoms with van der Waals surface area (Å²) < 4.78 is 44.3. The number of halogens is 2. The monoisotopic (exact) mass is 381 g/mol. The number of aromatic nitrogens is 4. The van der Waals surface area contributed by atoms with E-state index in [-0.39, 0.29) is 5.89 Å². The Morgan fingerprint density at radius 2 is 2.00 bits per heavy atom. The first kappa shape index (κ1) is 18.1. The van der Waals surface area contributed by atoms with E-state index < -0.39 is 22.4 Å². The topological polar surface area (TPSA) is 85.0 Å². The van der Waals surface area contributed by atoms with Crippen LogP contribution in [0.15, 0.2) is 47.3 Å². The summed E-state index contributed by atoms with van der Waals surface area (Å²) in [5.74, 6) is -0.759. The van der Waals surface area contributed by atoms with Crippen LogP contribution in [-0.4, -0.2) is 36.9 Å². The van der Waals surface area contributed by atoms with Crippen LogP contribution in [0.4, 0.5) is 14.5 Å². The van der Waals surface area contributed by atoms with Crippen molar-refractivity contribution in [2.24, 2.45) is 0 Å². The Balaban J connectivity index is 1.82. The van der Waals surface area contributed by atoms with E-state index in [0.29, 0.717) is 17.8 Å². The van der Waals surface area contributed by atoms with Gasteiger partial charge in [-0.25, -0.2) is 0 Å². The summed E-state index contributed by atoms with van der Waals surface area (Å²) in [6.07, 6.45) is 5.24. The van der Waals surface area contributed by atoms with Gasteiger partial charge >= 0.3 is 6.43 Å². The maximum absolute atomic E-state index is 12.6. The van der Waals surface area contributed by atoms with Gasteiger partial charge in [-0.2, -0.15) is 8.78 Å². The second-order valence-corrected chi connectivity index (χ2v) is 8.92. The fourth-order valence-corrected chi connectivity index (χ4v) is 3.44. The minimum absolute atomic E-state index is 0.0277. The van der Waals surface area contributed by atoms with E-state index >= 15 is 0 Å². The number of hydrogen-bond acceptors (Lipinski definition) is 6. The smallest absolute Gasteiger partial charge is 0.314 e. The van der Waals surface area contributed by atoms with Crippen LogP contribution in [0, 0.1) is 0 Å². The lowest BCUT2D eigenvalue weighted by molar-refractivity contribution is 0.116. The first-order valence-electron chi connectivity index (χ1n) is 7.64. The zero-order chi connectivity index (χ0) is 18.7. The van der Waals surface area contributed by atoms with Crippen LogP contribution in [0.3, 0.4) is 0 Å². The number of pyridine rings is 2. The molecule has 0 spiro atoms. The van der Waals surface area contributed by atoms with Crippen LogP contribution in [0.5, 0.6) is 0 Å². The molecule has 0 N–H and O–H groups in total. The molecule has 26 heavy (non-hydrogen) atoms. The molecule has 0 aliphatic carbocycles. The van der Waals surface area contributed by atoms with Crippen molar-refractivity contribution in [1.82, 2.24) is 20.2 Å². The van der Waals surface area contributed by atoms with Gasteiger partial charge in [0.05, 0.1) is 29.7 Å². The summed E-state index contributed by atoms with van der Waals surface area (Å²) in [7, 11) is -2.61. The molecule has 3 heterocycles. The first-order valence-corrected chi connectivity index (χ1v) is 10.2. The van der Waals surface area contributed by atoms with Crippen molar-refractivity contribution in [2.45, 2.75) is 13.0 Å². The maximum atomic E-state index is 12.6. The molecule has 0 unspecified atom stereocenters. The standard InChI is InChI=1S/C16H17F2N5O2S/c1-26(2,24)23(13-4-3-7-19-9-13)10-12-6-5-11(8-20-12)15-21-22-16(25-15)14(17)18/h3-9,14,26H,10H2,1-2H3. The quantitative estimate of drug-likeness (QED) is 0.661. The summed E-state index contributed by atoms with van der Waals surface area (Å²) >= 11 is 0. The fourth-order valence-electron chi connectivity index (χ4n) is 2.28. The van der Waals surface area contributed by atoms with Crippen LogP contribution < -0.4 is 4.31 Å². The molecule has 0 fully saturated rings. The summed E-state index contributed by atoms with van der Waals surface area (Å²) in [6.45, 7) is 0.308. The highest BCUT2D eigenvalue weighted by Gasteiger charge is 2.19. The molecule has 3 aromatic heterocycles. The molecule has 0 atom stereocenters. The average molecular weight is 381 g/mol. The van der Waals surface area contributed by atoms with Crippen molar-refractivity contribution >= 4 is 15.8 Å². The molecule has 0 aromatic carbocycles. The van der Waals surface area contributed by atoms with Gasteiger partial charge in [0.25, 0.3) is 5.89 Å². The lowest BCUT2D eigenvalue weighted by Gasteiger charge is -2.32. The molecule has 0 saturated carbocycles. The molecule has 0 saturated heterocycles. The Labute approximate surface area is 149 Å². The summed E-state index contributed by atoms with van der Waals surface area (Å²) in [5.41, 5.74) is 1.80. The van der Waals surface area contributed by atoms with E-state index in [1.165, 1.54) is 6.20 Å². The van der Waals surface area contributed by atoms with Gasteiger partial charge in [0, 0.05) is 24.9 Å². The van der Waals surface area contributed by atoms with Crippen LogP contribution >= 0.6 is 0 Å². The van der Waals surface area contributed by atoms with Gasteiger partial charge in [-0.15, -0.1) is 10.2 Å². The van der Waals surface area contributed by atoms with Crippen molar-refractivity contribution < 1.29 is 17.4 Å². The number of nitrogens with zero attached hydrogens (tertiary/aromatic N) is 5. The zero-order valence-electron chi connectivity index (χ0n) is 14.1. The number of anilines is 1. The Kier molecular flexibility index (Phi) is 5.03. The number of hydrogen-bond donors (Lipinski definition) is 1. The van der Waals surface area contributed by atoms with E-state index in [9.17, 15) is 13.0 Å². The second-order valence-electron chi connectivity index (χ2n) is 5.85. The second kappa shape index (κ2) is 7.24. The van der Waals surface area contributed by atoms with Crippen molar-refractivity contribution in [3.8, 4) is 11.5 Å². The van der Waals surface area contributed by atoms with Crippen LogP contribution in [0.2, 0.25) is 0 Å². The minimum atomic E-state index is -2.82. The van der Waals surface area contributed by atoms with E-state index in [1.54, 1.807) is 47.4 Å². The van der Waals surface area contributed by atoms with Gasteiger partial charge in [0.15, 0.2) is 0 Å². The summed E-state index contributed by atoms with van der Waals surface area (Å²) in [5, 5.41) is 6.87. The highest BCUT2D eigenvalue weighted by Crippen LogP contribution is 2.24. The number of thiol groups is 1. The van der Waals surface area contributed by atoms with E-state index in [4.69, 9.17) is 4.42 Å². The molecular formula is C16H17F2N5O2S. The van der Waals surface area contributed by atoms with Crippen molar-refractivity contribution in [3.05, 3.63) is 54.4 Å².